The van der Waals surface area contributed by atoms with Crippen LogP contribution in [0.5, 0.6) is 5.75 Å². The Hall–Kier alpha value is -2.72. The molecule has 0 saturated heterocycles. The van der Waals surface area contributed by atoms with Gasteiger partial charge in [0.05, 0.1) is 16.9 Å². The number of rotatable bonds is 8. The van der Waals surface area contributed by atoms with Crippen molar-refractivity contribution < 1.29 is 18.1 Å². The summed E-state index contributed by atoms with van der Waals surface area (Å²) in [6.07, 6.45) is 1.13. The van der Waals surface area contributed by atoms with E-state index in [1.54, 1.807) is 12.1 Å². The number of hydrogen-bond donors (Lipinski definition) is 2. The predicted molar refractivity (Wildman–Crippen MR) is 87.6 cm³/mol. The number of nitro groups is 1. The molecule has 0 spiro atoms. The molecular weight excluding hydrogens is 336 g/mol. The van der Waals surface area contributed by atoms with Crippen LogP contribution in [0.25, 0.3) is 0 Å². The molecule has 0 aliphatic rings. The third-order valence-electron chi connectivity index (χ3n) is 3.05. The van der Waals surface area contributed by atoms with E-state index in [2.05, 4.69) is 15.0 Å². The van der Waals surface area contributed by atoms with E-state index in [0.29, 0.717) is 11.6 Å². The lowest BCUT2D eigenvalue weighted by Crippen LogP contribution is -2.29. The number of benzene rings is 1. The molecule has 0 aliphatic heterocycles. The Bertz CT molecular complexity index is 791. The van der Waals surface area contributed by atoms with Gasteiger partial charge >= 0.3 is 0 Å². The highest BCUT2D eigenvalue weighted by Crippen LogP contribution is 2.15. The summed E-state index contributed by atoms with van der Waals surface area (Å²) in [7, 11) is -2.11. The SMILES string of the molecule is COc1ccc(S(=O)(=O)NCCNc2ccc([N+](=O)[O-])cn2)cc1. The molecule has 0 radical (unpaired) electrons. The van der Waals surface area contributed by atoms with Gasteiger partial charge in [0, 0.05) is 19.2 Å². The molecule has 1 aromatic carbocycles. The van der Waals surface area contributed by atoms with Gasteiger partial charge in [-0.2, -0.15) is 0 Å². The Balaban J connectivity index is 1.85. The van der Waals surface area contributed by atoms with E-state index in [0.717, 1.165) is 6.20 Å². The number of hydrogen-bond acceptors (Lipinski definition) is 7. The topological polar surface area (TPSA) is 123 Å². The van der Waals surface area contributed by atoms with Crippen LogP contribution in [0.3, 0.4) is 0 Å². The summed E-state index contributed by atoms with van der Waals surface area (Å²) in [4.78, 5) is 14.0. The van der Waals surface area contributed by atoms with E-state index in [4.69, 9.17) is 4.74 Å². The Morgan fingerprint density at radius 3 is 2.42 bits per heavy atom. The van der Waals surface area contributed by atoms with Crippen molar-refractivity contribution >= 4 is 21.5 Å². The summed E-state index contributed by atoms with van der Waals surface area (Å²) < 4.78 is 31.6. The second-order valence-corrected chi connectivity index (χ2v) is 6.43. The van der Waals surface area contributed by atoms with Crippen LogP contribution in [0, 0.1) is 10.1 Å². The Morgan fingerprint density at radius 2 is 1.88 bits per heavy atom. The fraction of sp³-hybridized carbons (Fsp3) is 0.214. The smallest absolute Gasteiger partial charge is 0.287 e. The van der Waals surface area contributed by atoms with E-state index in [-0.39, 0.29) is 23.7 Å². The van der Waals surface area contributed by atoms with Gasteiger partial charge in [-0.3, -0.25) is 10.1 Å². The van der Waals surface area contributed by atoms with Gasteiger partial charge in [-0.05, 0) is 30.3 Å². The number of nitrogens with one attached hydrogen (secondary N) is 2. The molecule has 10 heteroatoms. The van der Waals surface area contributed by atoms with Gasteiger partial charge in [-0.25, -0.2) is 18.1 Å². The Morgan fingerprint density at radius 1 is 1.17 bits per heavy atom. The quantitative estimate of drug-likeness (QED) is 0.418. The third-order valence-corrected chi connectivity index (χ3v) is 4.53. The highest BCUT2D eigenvalue weighted by Gasteiger charge is 2.13. The number of aromatic nitrogens is 1. The molecule has 1 heterocycles. The largest absolute Gasteiger partial charge is 0.497 e. The van der Waals surface area contributed by atoms with E-state index in [1.165, 1.54) is 31.4 Å². The molecule has 0 atom stereocenters. The number of methoxy groups -OCH3 is 1. The minimum Gasteiger partial charge on any atom is -0.497 e. The minimum absolute atomic E-state index is 0.110. The molecule has 9 nitrogen and oxygen atoms in total. The average Bonchev–Trinajstić information content (AvgIpc) is 2.59. The summed E-state index contributed by atoms with van der Waals surface area (Å²) in [5, 5.41) is 13.4. The molecule has 0 aliphatic carbocycles. The third kappa shape index (κ3) is 4.64. The van der Waals surface area contributed by atoms with Crippen LogP contribution in [-0.4, -0.2) is 38.5 Å². The number of anilines is 1. The first-order valence-electron chi connectivity index (χ1n) is 6.90. The number of pyridine rings is 1. The van der Waals surface area contributed by atoms with Crippen molar-refractivity contribution in [3.05, 3.63) is 52.7 Å². The lowest BCUT2D eigenvalue weighted by Gasteiger charge is -2.08. The van der Waals surface area contributed by atoms with Gasteiger partial charge in [0.2, 0.25) is 10.0 Å². The fourth-order valence-corrected chi connectivity index (χ4v) is 2.84. The molecule has 0 bridgehead atoms. The molecule has 0 amide bonds. The van der Waals surface area contributed by atoms with E-state index in [9.17, 15) is 18.5 Å². The van der Waals surface area contributed by atoms with Crippen molar-refractivity contribution in [2.45, 2.75) is 4.90 Å². The van der Waals surface area contributed by atoms with Gasteiger partial charge in [0.25, 0.3) is 5.69 Å². The maximum Gasteiger partial charge on any atom is 0.287 e. The van der Waals surface area contributed by atoms with Gasteiger partial charge in [-0.15, -0.1) is 0 Å². The summed E-state index contributed by atoms with van der Waals surface area (Å²) >= 11 is 0. The van der Waals surface area contributed by atoms with Gasteiger partial charge in [-0.1, -0.05) is 0 Å². The molecule has 2 aromatic rings. The molecule has 24 heavy (non-hydrogen) atoms. The molecule has 128 valence electrons. The molecule has 1 aromatic heterocycles. The maximum atomic E-state index is 12.1. The number of sulfonamides is 1. The molecule has 2 N–H and O–H groups in total. The summed E-state index contributed by atoms with van der Waals surface area (Å²) in [5.41, 5.74) is -0.110. The fourth-order valence-electron chi connectivity index (χ4n) is 1.81. The van der Waals surface area contributed by atoms with E-state index in [1.807, 2.05) is 0 Å². The highest BCUT2D eigenvalue weighted by molar-refractivity contribution is 7.89. The zero-order valence-corrected chi connectivity index (χ0v) is 13.6. The Kier molecular flexibility index (Phi) is 5.66. The van der Waals surface area contributed by atoms with Crippen molar-refractivity contribution in [2.75, 3.05) is 25.5 Å². The van der Waals surface area contributed by atoms with Gasteiger partial charge in [0.15, 0.2) is 0 Å². The maximum absolute atomic E-state index is 12.1. The zero-order chi connectivity index (χ0) is 17.6. The lowest BCUT2D eigenvalue weighted by atomic mass is 10.3. The molecular formula is C14H16N4O5S. The zero-order valence-electron chi connectivity index (χ0n) is 12.8. The summed E-state index contributed by atoms with van der Waals surface area (Å²) in [6, 6.07) is 8.80. The minimum atomic E-state index is -3.61. The van der Waals surface area contributed by atoms with Crippen LogP contribution in [-0.2, 0) is 10.0 Å². The van der Waals surface area contributed by atoms with Crippen molar-refractivity contribution in [1.29, 1.82) is 0 Å². The van der Waals surface area contributed by atoms with Crippen LogP contribution >= 0.6 is 0 Å². The first kappa shape index (κ1) is 17.6. The Labute approximate surface area is 138 Å². The van der Waals surface area contributed by atoms with Crippen molar-refractivity contribution in [3.8, 4) is 5.75 Å². The summed E-state index contributed by atoms with van der Waals surface area (Å²) in [6.45, 7) is 0.410. The molecule has 0 saturated carbocycles. The van der Waals surface area contributed by atoms with Crippen LogP contribution < -0.4 is 14.8 Å². The van der Waals surface area contributed by atoms with Crippen LogP contribution in [0.15, 0.2) is 47.5 Å². The monoisotopic (exact) mass is 352 g/mol. The van der Waals surface area contributed by atoms with Crippen LogP contribution in [0.2, 0.25) is 0 Å². The highest BCUT2D eigenvalue weighted by atomic mass is 32.2. The lowest BCUT2D eigenvalue weighted by molar-refractivity contribution is -0.385. The second-order valence-electron chi connectivity index (χ2n) is 4.66. The standard InChI is InChI=1S/C14H16N4O5S/c1-23-12-3-5-13(6-4-12)24(21,22)17-9-8-15-14-7-2-11(10-16-14)18(19)20/h2-7,10,17H,8-9H2,1H3,(H,15,16). The summed E-state index contributed by atoms with van der Waals surface area (Å²) in [5.74, 6) is 0.990. The molecule has 2 rings (SSSR count). The van der Waals surface area contributed by atoms with Crippen molar-refractivity contribution in [2.24, 2.45) is 0 Å². The first-order valence-corrected chi connectivity index (χ1v) is 8.39. The number of nitrogens with zero attached hydrogens (tertiary/aromatic N) is 2. The predicted octanol–water partition coefficient (Wildman–Crippen LogP) is 1.39. The van der Waals surface area contributed by atoms with Gasteiger partial charge < -0.3 is 10.1 Å². The van der Waals surface area contributed by atoms with Crippen LogP contribution in [0.1, 0.15) is 0 Å². The van der Waals surface area contributed by atoms with E-state index < -0.39 is 14.9 Å². The number of ether oxygens (including phenoxy) is 1. The first-order chi connectivity index (χ1) is 11.4. The van der Waals surface area contributed by atoms with Crippen molar-refractivity contribution in [3.63, 3.8) is 0 Å². The van der Waals surface area contributed by atoms with E-state index >= 15 is 0 Å². The van der Waals surface area contributed by atoms with Crippen molar-refractivity contribution in [1.82, 2.24) is 9.71 Å². The average molecular weight is 352 g/mol. The second kappa shape index (κ2) is 7.70. The van der Waals surface area contributed by atoms with Crippen LogP contribution in [0.4, 0.5) is 11.5 Å². The normalized spacial score (nSPS) is 11.0. The molecule has 0 fully saturated rings. The van der Waals surface area contributed by atoms with Gasteiger partial charge in [0.1, 0.15) is 17.8 Å². The molecule has 0 unspecified atom stereocenters.